The number of aryl methyl sites for hydroxylation is 1. The zero-order valence-electron chi connectivity index (χ0n) is 7.21. The van der Waals surface area contributed by atoms with Crippen LogP contribution in [0.1, 0.15) is 36.2 Å². The van der Waals surface area contributed by atoms with E-state index in [2.05, 4.69) is 0 Å². The van der Waals surface area contributed by atoms with Gasteiger partial charge in [0.25, 0.3) is 0 Å². The third-order valence-corrected chi connectivity index (χ3v) is 2.28. The molecule has 1 saturated carbocycles. The first-order valence-electron chi connectivity index (χ1n) is 4.38. The first kappa shape index (κ1) is 9.97. The van der Waals surface area contributed by atoms with E-state index in [1.165, 1.54) is 5.56 Å². The molecule has 2 rings (SSSR count). The van der Waals surface area contributed by atoms with Crippen molar-refractivity contribution in [2.75, 3.05) is 0 Å². The van der Waals surface area contributed by atoms with Crippen LogP contribution < -0.4 is 0 Å². The van der Waals surface area contributed by atoms with Gasteiger partial charge in [0, 0.05) is 11.5 Å². The van der Waals surface area contributed by atoms with E-state index in [0.717, 1.165) is 18.4 Å². The van der Waals surface area contributed by atoms with Crippen LogP contribution in [0.5, 0.6) is 0 Å². The summed E-state index contributed by atoms with van der Waals surface area (Å²) in [5.74, 6) is 0.669. The second-order valence-electron chi connectivity index (χ2n) is 3.50. The van der Waals surface area contributed by atoms with Gasteiger partial charge in [0.15, 0.2) is 5.78 Å². The highest BCUT2D eigenvalue weighted by Gasteiger charge is 2.29. The number of benzene rings is 1. The van der Waals surface area contributed by atoms with Crippen molar-refractivity contribution in [3.63, 3.8) is 0 Å². The summed E-state index contributed by atoms with van der Waals surface area (Å²) >= 11 is 0. The van der Waals surface area contributed by atoms with Gasteiger partial charge in [-0.15, -0.1) is 0 Å². The molecule has 1 heteroatoms. The lowest BCUT2D eigenvalue weighted by molar-refractivity contribution is 0.0967. The molecule has 0 unspecified atom stereocenters. The van der Waals surface area contributed by atoms with Gasteiger partial charge in [-0.1, -0.05) is 37.3 Å². The molecule has 0 aromatic heterocycles. The molecule has 13 heavy (non-hydrogen) atoms. The lowest BCUT2D eigenvalue weighted by Gasteiger charge is -1.98. The van der Waals surface area contributed by atoms with E-state index in [0.29, 0.717) is 11.7 Å². The van der Waals surface area contributed by atoms with Gasteiger partial charge in [0.2, 0.25) is 0 Å². The predicted octanol–water partition coefficient (Wildman–Crippen LogP) is 3.22. The molecular weight excluding hydrogens is 160 g/mol. The molecule has 0 heterocycles. The number of carbonyl (C=O) groups is 1. The van der Waals surface area contributed by atoms with Crippen LogP contribution in [0.3, 0.4) is 0 Å². The van der Waals surface area contributed by atoms with Gasteiger partial charge < -0.3 is 0 Å². The number of rotatable bonds is 2. The summed E-state index contributed by atoms with van der Waals surface area (Å²) in [5, 5.41) is 0. The molecule has 1 aromatic rings. The van der Waals surface area contributed by atoms with Crippen LogP contribution >= 0.6 is 0 Å². The van der Waals surface area contributed by atoms with Crippen LogP contribution in [-0.4, -0.2) is 5.78 Å². The minimum atomic E-state index is 0. The fraction of sp³-hybridized carbons (Fsp3) is 0.417. The molecule has 0 bridgehead atoms. The van der Waals surface area contributed by atoms with Gasteiger partial charge >= 0.3 is 0 Å². The maximum atomic E-state index is 11.5. The molecule has 0 spiro atoms. The molecular formula is C12H16O. The van der Waals surface area contributed by atoms with Crippen LogP contribution in [0.4, 0.5) is 0 Å². The summed E-state index contributed by atoms with van der Waals surface area (Å²) in [6.07, 6.45) is 2.18. The van der Waals surface area contributed by atoms with Crippen molar-refractivity contribution in [2.45, 2.75) is 27.2 Å². The minimum Gasteiger partial charge on any atom is -0.294 e. The monoisotopic (exact) mass is 176 g/mol. The number of hydrogen-bond donors (Lipinski definition) is 0. The molecule has 1 aliphatic rings. The molecule has 0 atom stereocenters. The number of Topliss-reactive ketones (excluding diaryl/α,β-unsaturated/α-hetero) is 1. The summed E-state index contributed by atoms with van der Waals surface area (Å²) in [6.45, 7) is 2.03. The molecule has 0 N–H and O–H groups in total. The predicted molar refractivity (Wildman–Crippen MR) is 55.0 cm³/mol. The van der Waals surface area contributed by atoms with E-state index in [9.17, 15) is 4.79 Å². The van der Waals surface area contributed by atoms with Crippen LogP contribution in [0, 0.1) is 12.8 Å². The molecule has 1 aliphatic carbocycles. The molecule has 70 valence electrons. The summed E-state index contributed by atoms with van der Waals surface area (Å²) in [4.78, 5) is 11.5. The second kappa shape index (κ2) is 3.73. The smallest absolute Gasteiger partial charge is 0.165 e. The normalized spacial score (nSPS) is 14.8. The zero-order valence-corrected chi connectivity index (χ0v) is 7.21. The fourth-order valence-corrected chi connectivity index (χ4v) is 1.30. The first-order chi connectivity index (χ1) is 5.77. The quantitative estimate of drug-likeness (QED) is 0.632. The topological polar surface area (TPSA) is 17.1 Å². The number of hydrogen-bond acceptors (Lipinski definition) is 1. The Hall–Kier alpha value is -1.11. The maximum Gasteiger partial charge on any atom is 0.165 e. The second-order valence-corrected chi connectivity index (χ2v) is 3.50. The fourth-order valence-electron chi connectivity index (χ4n) is 1.30. The van der Waals surface area contributed by atoms with Gasteiger partial charge in [-0.3, -0.25) is 4.79 Å². The van der Waals surface area contributed by atoms with E-state index in [1.807, 2.05) is 31.2 Å². The molecule has 0 amide bonds. The zero-order chi connectivity index (χ0) is 8.55. The summed E-state index contributed by atoms with van der Waals surface area (Å²) in [5.41, 5.74) is 2.09. The highest BCUT2D eigenvalue weighted by molar-refractivity contribution is 5.99. The standard InChI is InChI=1S/C11H12O.CH4/c1-8-2-4-9(5-3-8)11(12)10-6-7-10;/h2-5,10H,6-7H2,1H3;1H4. The highest BCUT2D eigenvalue weighted by Crippen LogP contribution is 2.32. The Balaban J connectivity index is 0.000000845. The average Bonchev–Trinajstić information content (AvgIpc) is 2.87. The van der Waals surface area contributed by atoms with Crippen LogP contribution in [0.25, 0.3) is 0 Å². The Morgan fingerprint density at radius 1 is 1.23 bits per heavy atom. The van der Waals surface area contributed by atoms with Crippen molar-refractivity contribution >= 4 is 5.78 Å². The Kier molecular flexibility index (Phi) is 2.86. The number of carbonyl (C=O) groups excluding carboxylic acids is 1. The Morgan fingerprint density at radius 2 is 1.77 bits per heavy atom. The molecule has 0 radical (unpaired) electrons. The highest BCUT2D eigenvalue weighted by atomic mass is 16.1. The Labute approximate surface area is 79.8 Å². The summed E-state index contributed by atoms with van der Waals surface area (Å²) in [7, 11) is 0. The molecule has 0 saturated heterocycles. The van der Waals surface area contributed by atoms with Crippen LogP contribution in [0.15, 0.2) is 24.3 Å². The maximum absolute atomic E-state index is 11.5. The average molecular weight is 176 g/mol. The molecule has 1 fully saturated rings. The third-order valence-electron chi connectivity index (χ3n) is 2.28. The SMILES string of the molecule is C.Cc1ccc(C(=O)C2CC2)cc1. The van der Waals surface area contributed by atoms with Gasteiger partial charge in [-0.25, -0.2) is 0 Å². The van der Waals surface area contributed by atoms with Crippen LogP contribution in [-0.2, 0) is 0 Å². The van der Waals surface area contributed by atoms with Crippen molar-refractivity contribution in [3.05, 3.63) is 35.4 Å². The van der Waals surface area contributed by atoms with Gasteiger partial charge in [-0.2, -0.15) is 0 Å². The van der Waals surface area contributed by atoms with Crippen LogP contribution in [0.2, 0.25) is 0 Å². The lowest BCUT2D eigenvalue weighted by Crippen LogP contribution is -2.00. The molecule has 1 aromatic carbocycles. The van der Waals surface area contributed by atoms with Crippen molar-refractivity contribution in [2.24, 2.45) is 5.92 Å². The van der Waals surface area contributed by atoms with E-state index < -0.39 is 0 Å². The van der Waals surface area contributed by atoms with Gasteiger partial charge in [-0.05, 0) is 19.8 Å². The Morgan fingerprint density at radius 3 is 2.23 bits per heavy atom. The first-order valence-corrected chi connectivity index (χ1v) is 4.38. The van der Waals surface area contributed by atoms with Crippen molar-refractivity contribution in [1.82, 2.24) is 0 Å². The summed E-state index contributed by atoms with van der Waals surface area (Å²) in [6, 6.07) is 7.84. The minimum absolute atomic E-state index is 0. The Bertz CT molecular complexity index is 293. The summed E-state index contributed by atoms with van der Waals surface area (Å²) < 4.78 is 0. The van der Waals surface area contributed by atoms with Crippen molar-refractivity contribution < 1.29 is 4.79 Å². The van der Waals surface area contributed by atoms with E-state index in [-0.39, 0.29) is 7.43 Å². The lowest BCUT2D eigenvalue weighted by atomic mass is 10.1. The van der Waals surface area contributed by atoms with E-state index in [1.54, 1.807) is 0 Å². The largest absolute Gasteiger partial charge is 0.294 e. The van der Waals surface area contributed by atoms with Gasteiger partial charge in [0.1, 0.15) is 0 Å². The van der Waals surface area contributed by atoms with Crippen molar-refractivity contribution in [3.8, 4) is 0 Å². The van der Waals surface area contributed by atoms with E-state index in [4.69, 9.17) is 0 Å². The number of ketones is 1. The third kappa shape index (κ3) is 2.18. The van der Waals surface area contributed by atoms with E-state index >= 15 is 0 Å². The van der Waals surface area contributed by atoms with Crippen molar-refractivity contribution in [1.29, 1.82) is 0 Å². The van der Waals surface area contributed by atoms with Gasteiger partial charge in [0.05, 0.1) is 0 Å². The molecule has 0 aliphatic heterocycles. The molecule has 1 nitrogen and oxygen atoms in total.